The molecule has 1 saturated heterocycles. The fourth-order valence-electron chi connectivity index (χ4n) is 9.32. The van der Waals surface area contributed by atoms with Gasteiger partial charge in [0.15, 0.2) is 11.5 Å². The molecule has 2 spiro atoms. The lowest BCUT2D eigenvalue weighted by molar-refractivity contribution is -0.276. The van der Waals surface area contributed by atoms with Gasteiger partial charge < -0.3 is 25.3 Å². The molecule has 35 heavy (non-hydrogen) atoms. The Morgan fingerprint density at radius 2 is 2.11 bits per heavy atom. The molecular formula is C28H39N3O4. The van der Waals surface area contributed by atoms with E-state index in [0.717, 1.165) is 56.1 Å². The van der Waals surface area contributed by atoms with E-state index in [1.54, 1.807) is 14.0 Å². The van der Waals surface area contributed by atoms with Gasteiger partial charge in [0.05, 0.1) is 13.2 Å². The number of likely N-dealkylation sites (tertiary alicyclic amines) is 1. The molecule has 4 bridgehead atoms. The minimum absolute atomic E-state index is 0.0505. The third kappa shape index (κ3) is 2.65. The molecule has 3 unspecified atom stereocenters. The number of carbonyl (C=O) groups is 1. The second-order valence-electron chi connectivity index (χ2n) is 12.3. The van der Waals surface area contributed by atoms with E-state index in [1.807, 2.05) is 7.11 Å². The predicted octanol–water partition coefficient (Wildman–Crippen LogP) is 2.38. The summed E-state index contributed by atoms with van der Waals surface area (Å²) in [5, 5.41) is 3.16. The standard InChI is InChI=1S/C28H39N3O4/c1-16(29)24(32)30-14-19-13-26-8-9-28(19,34-3)25-27(26)10-11-31(15-17-4-5-17)21(26)12-18-6-7-20(33-2)23(35-25)22(18)27/h6-7,16-17,19,21,25H,4-5,8-15,29H2,1-3H3,(H,30,32)/t16-,19+,21+,25+,26?,27?,28?/m0/s1. The van der Waals surface area contributed by atoms with Crippen molar-refractivity contribution in [2.45, 2.75) is 81.1 Å². The van der Waals surface area contributed by atoms with E-state index in [1.165, 1.54) is 30.5 Å². The topological polar surface area (TPSA) is 86.0 Å². The summed E-state index contributed by atoms with van der Waals surface area (Å²) < 4.78 is 19.4. The van der Waals surface area contributed by atoms with Crippen molar-refractivity contribution in [3.63, 3.8) is 0 Å². The molecule has 3 N–H and O–H groups in total. The summed E-state index contributed by atoms with van der Waals surface area (Å²) in [6.45, 7) is 4.69. The predicted molar refractivity (Wildman–Crippen MR) is 132 cm³/mol. The van der Waals surface area contributed by atoms with Crippen LogP contribution in [0.4, 0.5) is 0 Å². The van der Waals surface area contributed by atoms with Crippen LogP contribution in [0.1, 0.15) is 56.6 Å². The Morgan fingerprint density at radius 3 is 2.83 bits per heavy atom. The molecule has 0 aromatic heterocycles. The van der Waals surface area contributed by atoms with Gasteiger partial charge in [-0.25, -0.2) is 0 Å². The molecule has 0 radical (unpaired) electrons. The first-order chi connectivity index (χ1) is 16.9. The number of nitrogens with zero attached hydrogens (tertiary/aromatic N) is 1. The van der Waals surface area contributed by atoms with Gasteiger partial charge in [0.1, 0.15) is 11.7 Å². The maximum atomic E-state index is 12.5. The Bertz CT molecular complexity index is 1070. The third-order valence-corrected chi connectivity index (χ3v) is 10.9. The van der Waals surface area contributed by atoms with E-state index in [0.29, 0.717) is 12.6 Å². The Kier molecular flexibility index (Phi) is 4.70. The van der Waals surface area contributed by atoms with Crippen LogP contribution in [0.5, 0.6) is 11.5 Å². The number of carbonyl (C=O) groups excluding carboxylic acids is 1. The van der Waals surface area contributed by atoms with Crippen LogP contribution in [0.2, 0.25) is 0 Å². The second kappa shape index (κ2) is 7.36. The quantitative estimate of drug-likeness (QED) is 0.622. The van der Waals surface area contributed by atoms with Gasteiger partial charge in [0.2, 0.25) is 5.91 Å². The number of rotatable bonds is 7. The SMILES string of the molecule is COc1ccc2c3c1O[C@H]1C4(OC)CCC5(C[C@@H]4CNC(=O)[C@H](C)N)[C@@H](C2)N(CC2CC2)CCC315. The van der Waals surface area contributed by atoms with Crippen molar-refractivity contribution in [1.29, 1.82) is 0 Å². The van der Waals surface area contributed by atoms with Gasteiger partial charge in [0.25, 0.3) is 0 Å². The molecule has 8 rings (SSSR count). The van der Waals surface area contributed by atoms with Crippen LogP contribution in [-0.2, 0) is 21.4 Å². The van der Waals surface area contributed by atoms with E-state index >= 15 is 0 Å². The van der Waals surface area contributed by atoms with Crippen LogP contribution in [0, 0.1) is 17.3 Å². The van der Waals surface area contributed by atoms with Crippen molar-refractivity contribution in [2.24, 2.45) is 23.0 Å². The molecule has 4 saturated carbocycles. The van der Waals surface area contributed by atoms with Crippen LogP contribution in [0.3, 0.4) is 0 Å². The summed E-state index contributed by atoms with van der Waals surface area (Å²) in [7, 11) is 3.59. The van der Waals surface area contributed by atoms with Crippen molar-refractivity contribution in [1.82, 2.24) is 10.2 Å². The number of hydrogen-bond donors (Lipinski definition) is 2. The molecule has 1 amide bonds. The highest BCUT2D eigenvalue weighted by Gasteiger charge is 2.80. The zero-order valence-corrected chi connectivity index (χ0v) is 21.3. The summed E-state index contributed by atoms with van der Waals surface area (Å²) in [6.07, 6.45) is 8.06. The first kappa shape index (κ1) is 22.4. The molecule has 7 heteroatoms. The maximum Gasteiger partial charge on any atom is 0.236 e. The van der Waals surface area contributed by atoms with Gasteiger partial charge in [-0.3, -0.25) is 9.69 Å². The molecule has 5 fully saturated rings. The van der Waals surface area contributed by atoms with Crippen molar-refractivity contribution >= 4 is 5.91 Å². The largest absolute Gasteiger partial charge is 0.493 e. The number of ether oxygens (including phenoxy) is 3. The van der Waals surface area contributed by atoms with E-state index in [9.17, 15) is 4.79 Å². The maximum absolute atomic E-state index is 12.5. The van der Waals surface area contributed by atoms with Crippen molar-refractivity contribution in [3.8, 4) is 11.5 Å². The number of benzene rings is 1. The average molecular weight is 482 g/mol. The minimum Gasteiger partial charge on any atom is -0.493 e. The first-order valence-electron chi connectivity index (χ1n) is 13.6. The van der Waals surface area contributed by atoms with Gasteiger partial charge in [-0.05, 0) is 76.0 Å². The Labute approximate surface area is 208 Å². The van der Waals surface area contributed by atoms with Crippen molar-refractivity contribution < 1.29 is 19.0 Å². The average Bonchev–Trinajstić information content (AvgIpc) is 3.61. The molecule has 7 atom stereocenters. The van der Waals surface area contributed by atoms with Gasteiger partial charge in [-0.2, -0.15) is 0 Å². The Balaban J connectivity index is 1.38. The van der Waals surface area contributed by atoms with Crippen LogP contribution in [-0.4, -0.2) is 68.4 Å². The fraction of sp³-hybridized carbons (Fsp3) is 0.750. The lowest BCUT2D eigenvalue weighted by Crippen LogP contribution is -2.81. The summed E-state index contributed by atoms with van der Waals surface area (Å²) >= 11 is 0. The number of methoxy groups -OCH3 is 2. The summed E-state index contributed by atoms with van der Waals surface area (Å²) in [6, 6.07) is 4.40. The normalized spacial score (nSPS) is 41.2. The van der Waals surface area contributed by atoms with Crippen molar-refractivity contribution in [2.75, 3.05) is 33.9 Å². The lowest BCUT2D eigenvalue weighted by Gasteiger charge is -2.74. The summed E-state index contributed by atoms with van der Waals surface area (Å²) in [4.78, 5) is 15.3. The highest BCUT2D eigenvalue weighted by molar-refractivity contribution is 5.81. The first-order valence-corrected chi connectivity index (χ1v) is 13.6. The molecule has 7 nitrogen and oxygen atoms in total. The zero-order chi connectivity index (χ0) is 24.2. The van der Waals surface area contributed by atoms with E-state index in [4.69, 9.17) is 19.9 Å². The molecular weight excluding hydrogens is 442 g/mol. The second-order valence-corrected chi connectivity index (χ2v) is 12.3. The molecule has 1 aromatic carbocycles. The number of nitrogens with two attached hydrogens (primary N) is 1. The number of nitrogens with one attached hydrogen (secondary N) is 1. The monoisotopic (exact) mass is 481 g/mol. The fourth-order valence-corrected chi connectivity index (χ4v) is 9.32. The molecule has 2 aliphatic heterocycles. The van der Waals surface area contributed by atoms with E-state index in [2.05, 4.69) is 22.3 Å². The molecule has 5 aliphatic carbocycles. The minimum atomic E-state index is -0.513. The summed E-state index contributed by atoms with van der Waals surface area (Å²) in [5.41, 5.74) is 8.39. The van der Waals surface area contributed by atoms with Crippen LogP contribution in [0.15, 0.2) is 12.1 Å². The van der Waals surface area contributed by atoms with Gasteiger partial charge in [0, 0.05) is 48.6 Å². The smallest absolute Gasteiger partial charge is 0.236 e. The lowest BCUT2D eigenvalue weighted by atomic mass is 9.35. The number of amides is 1. The number of hydrogen-bond acceptors (Lipinski definition) is 6. The van der Waals surface area contributed by atoms with Gasteiger partial charge in [-0.15, -0.1) is 0 Å². The van der Waals surface area contributed by atoms with Gasteiger partial charge >= 0.3 is 0 Å². The zero-order valence-electron chi connectivity index (χ0n) is 21.3. The van der Waals surface area contributed by atoms with E-state index in [-0.39, 0.29) is 28.8 Å². The molecule has 7 aliphatic rings. The highest BCUT2D eigenvalue weighted by atomic mass is 16.6. The van der Waals surface area contributed by atoms with Crippen LogP contribution in [0.25, 0.3) is 0 Å². The number of fused-ring (bicyclic) bond motifs is 2. The third-order valence-electron chi connectivity index (χ3n) is 10.9. The Morgan fingerprint density at radius 1 is 1.29 bits per heavy atom. The van der Waals surface area contributed by atoms with Gasteiger partial charge in [-0.1, -0.05) is 6.07 Å². The highest BCUT2D eigenvalue weighted by Crippen LogP contribution is 2.76. The molecule has 1 aromatic rings. The van der Waals surface area contributed by atoms with Crippen molar-refractivity contribution in [3.05, 3.63) is 23.3 Å². The van der Waals surface area contributed by atoms with Crippen LogP contribution < -0.4 is 20.5 Å². The van der Waals surface area contributed by atoms with Crippen LogP contribution >= 0.6 is 0 Å². The Hall–Kier alpha value is -1.83. The molecule has 190 valence electrons. The molecule has 2 heterocycles. The van der Waals surface area contributed by atoms with E-state index < -0.39 is 11.6 Å². The number of piperidine rings is 1. The summed E-state index contributed by atoms with van der Waals surface area (Å²) in [5.74, 6) is 2.76.